The van der Waals surface area contributed by atoms with Crippen molar-refractivity contribution in [3.63, 3.8) is 0 Å². The van der Waals surface area contributed by atoms with Crippen molar-refractivity contribution in [3.8, 4) is 5.75 Å². The molecule has 1 aromatic carbocycles. The molecule has 1 aromatic rings. The minimum atomic E-state index is -0.410. The van der Waals surface area contributed by atoms with E-state index in [0.717, 1.165) is 5.56 Å². The van der Waals surface area contributed by atoms with Gasteiger partial charge in [0.2, 0.25) is 0 Å². The first-order valence-electron chi connectivity index (χ1n) is 4.49. The zero-order valence-electron chi connectivity index (χ0n) is 8.42. The number of ether oxygens (including phenoxy) is 1. The molecule has 0 bridgehead atoms. The predicted molar refractivity (Wildman–Crippen MR) is 58.9 cm³/mol. The smallest absolute Gasteiger partial charge is 0.165 e. The highest BCUT2D eigenvalue weighted by atomic mass is 35.5. The SMILES string of the molecule is COc1ccc(C2(N)CNC2)cc1F.Cl. The molecule has 84 valence electrons. The fourth-order valence-corrected chi connectivity index (χ4v) is 1.57. The molecule has 1 fully saturated rings. The van der Waals surface area contributed by atoms with Gasteiger partial charge in [-0.05, 0) is 17.7 Å². The monoisotopic (exact) mass is 232 g/mol. The molecule has 0 aromatic heterocycles. The zero-order chi connectivity index (χ0) is 10.2. The summed E-state index contributed by atoms with van der Waals surface area (Å²) in [6.07, 6.45) is 0. The van der Waals surface area contributed by atoms with Crippen molar-refractivity contribution in [3.05, 3.63) is 29.6 Å². The number of hydrogen-bond donors (Lipinski definition) is 2. The van der Waals surface area contributed by atoms with Gasteiger partial charge in [0.15, 0.2) is 11.6 Å². The average Bonchev–Trinajstić information content (AvgIpc) is 2.14. The second-order valence-corrected chi connectivity index (χ2v) is 3.61. The van der Waals surface area contributed by atoms with Crippen LogP contribution in [0, 0.1) is 5.82 Å². The van der Waals surface area contributed by atoms with Crippen molar-refractivity contribution in [2.45, 2.75) is 5.54 Å². The summed E-state index contributed by atoms with van der Waals surface area (Å²) in [6.45, 7) is 1.39. The van der Waals surface area contributed by atoms with Crippen LogP contribution >= 0.6 is 12.4 Å². The molecule has 1 saturated heterocycles. The highest BCUT2D eigenvalue weighted by Gasteiger charge is 2.34. The molecule has 5 heteroatoms. The molecular formula is C10H14ClFN2O. The first-order chi connectivity index (χ1) is 6.65. The lowest BCUT2D eigenvalue weighted by Crippen LogP contribution is -2.62. The number of methoxy groups -OCH3 is 1. The van der Waals surface area contributed by atoms with Crippen molar-refractivity contribution in [1.82, 2.24) is 5.32 Å². The zero-order valence-corrected chi connectivity index (χ0v) is 9.23. The number of benzene rings is 1. The van der Waals surface area contributed by atoms with E-state index in [4.69, 9.17) is 10.5 Å². The van der Waals surface area contributed by atoms with E-state index in [1.165, 1.54) is 13.2 Å². The van der Waals surface area contributed by atoms with Gasteiger partial charge in [-0.15, -0.1) is 12.4 Å². The van der Waals surface area contributed by atoms with Crippen LogP contribution in [0.5, 0.6) is 5.75 Å². The topological polar surface area (TPSA) is 47.3 Å². The lowest BCUT2D eigenvalue weighted by Gasteiger charge is -2.39. The van der Waals surface area contributed by atoms with Gasteiger partial charge in [-0.25, -0.2) is 4.39 Å². The summed E-state index contributed by atoms with van der Waals surface area (Å²) in [7, 11) is 1.45. The quantitative estimate of drug-likeness (QED) is 0.800. The number of halogens is 2. The molecule has 15 heavy (non-hydrogen) atoms. The molecule has 0 spiro atoms. The molecule has 2 rings (SSSR count). The Morgan fingerprint density at radius 1 is 1.47 bits per heavy atom. The van der Waals surface area contributed by atoms with Crippen molar-refractivity contribution in [2.24, 2.45) is 5.73 Å². The van der Waals surface area contributed by atoms with E-state index >= 15 is 0 Å². The minimum absolute atomic E-state index is 0. The normalized spacial score (nSPS) is 17.5. The van der Waals surface area contributed by atoms with Crippen molar-refractivity contribution < 1.29 is 9.13 Å². The van der Waals surface area contributed by atoms with Crippen LogP contribution in [-0.2, 0) is 5.54 Å². The Bertz CT molecular complexity index is 355. The molecule has 0 saturated carbocycles. The van der Waals surface area contributed by atoms with Crippen LogP contribution in [-0.4, -0.2) is 20.2 Å². The fraction of sp³-hybridized carbons (Fsp3) is 0.400. The summed E-state index contributed by atoms with van der Waals surface area (Å²) in [4.78, 5) is 0. The first-order valence-corrected chi connectivity index (χ1v) is 4.49. The van der Waals surface area contributed by atoms with E-state index in [2.05, 4.69) is 5.32 Å². The minimum Gasteiger partial charge on any atom is -0.494 e. The van der Waals surface area contributed by atoms with Crippen LogP contribution in [0.3, 0.4) is 0 Å². The van der Waals surface area contributed by atoms with E-state index in [0.29, 0.717) is 13.1 Å². The number of rotatable bonds is 2. The standard InChI is InChI=1S/C10H13FN2O.ClH/c1-14-9-3-2-7(4-8(9)11)10(12)5-13-6-10;/h2-4,13H,5-6,12H2,1H3;1H. The first kappa shape index (κ1) is 12.2. The molecule has 0 radical (unpaired) electrons. The number of nitrogens with one attached hydrogen (secondary N) is 1. The van der Waals surface area contributed by atoms with Crippen molar-refractivity contribution >= 4 is 12.4 Å². The van der Waals surface area contributed by atoms with E-state index in [-0.39, 0.29) is 24.0 Å². The summed E-state index contributed by atoms with van der Waals surface area (Å²) < 4.78 is 18.2. The summed E-state index contributed by atoms with van der Waals surface area (Å²) in [6, 6.07) is 4.86. The van der Waals surface area contributed by atoms with Crippen molar-refractivity contribution in [1.29, 1.82) is 0 Å². The van der Waals surface area contributed by atoms with E-state index < -0.39 is 5.54 Å². The van der Waals surface area contributed by atoms with Gasteiger partial charge in [-0.1, -0.05) is 6.07 Å². The molecule has 0 unspecified atom stereocenters. The Labute approximate surface area is 94.2 Å². The summed E-state index contributed by atoms with van der Waals surface area (Å²) in [5, 5.41) is 3.07. The molecule has 0 amide bonds. The average molecular weight is 233 g/mol. The molecule has 1 aliphatic heterocycles. The van der Waals surface area contributed by atoms with E-state index in [9.17, 15) is 4.39 Å². The third-order valence-corrected chi connectivity index (χ3v) is 2.61. The fourth-order valence-electron chi connectivity index (χ4n) is 1.57. The Kier molecular flexibility index (Phi) is 3.54. The number of nitrogens with two attached hydrogens (primary N) is 1. The molecule has 0 atom stereocenters. The van der Waals surface area contributed by atoms with Crippen molar-refractivity contribution in [2.75, 3.05) is 20.2 Å². The van der Waals surface area contributed by atoms with Crippen LogP contribution in [0.2, 0.25) is 0 Å². The Morgan fingerprint density at radius 2 is 2.13 bits per heavy atom. The summed E-state index contributed by atoms with van der Waals surface area (Å²) >= 11 is 0. The maximum Gasteiger partial charge on any atom is 0.165 e. The van der Waals surface area contributed by atoms with E-state index in [1.54, 1.807) is 6.07 Å². The van der Waals surface area contributed by atoms with Gasteiger partial charge >= 0.3 is 0 Å². The van der Waals surface area contributed by atoms with Gasteiger partial charge in [-0.2, -0.15) is 0 Å². The van der Waals surface area contributed by atoms with Crippen LogP contribution in [0.25, 0.3) is 0 Å². The molecule has 1 heterocycles. The maximum atomic E-state index is 13.3. The second-order valence-electron chi connectivity index (χ2n) is 3.61. The third-order valence-electron chi connectivity index (χ3n) is 2.61. The lowest BCUT2D eigenvalue weighted by molar-refractivity contribution is 0.285. The van der Waals surface area contributed by atoms with Gasteiger partial charge in [0.25, 0.3) is 0 Å². The Hall–Kier alpha value is -0.840. The van der Waals surface area contributed by atoms with Crippen LogP contribution in [0.1, 0.15) is 5.56 Å². The van der Waals surface area contributed by atoms with E-state index in [1.807, 2.05) is 6.07 Å². The van der Waals surface area contributed by atoms with Crippen LogP contribution < -0.4 is 15.8 Å². The highest BCUT2D eigenvalue weighted by molar-refractivity contribution is 5.85. The van der Waals surface area contributed by atoms with Gasteiger partial charge in [0.05, 0.1) is 12.6 Å². The van der Waals surface area contributed by atoms with Gasteiger partial charge in [0, 0.05) is 13.1 Å². The molecule has 0 aliphatic carbocycles. The number of hydrogen-bond acceptors (Lipinski definition) is 3. The summed E-state index contributed by atoms with van der Waals surface area (Å²) in [5.74, 6) is -0.105. The largest absolute Gasteiger partial charge is 0.494 e. The molecule has 1 aliphatic rings. The third kappa shape index (κ3) is 2.07. The van der Waals surface area contributed by atoms with Gasteiger partial charge < -0.3 is 15.8 Å². The molecule has 3 nitrogen and oxygen atoms in total. The molecular weight excluding hydrogens is 219 g/mol. The lowest BCUT2D eigenvalue weighted by atomic mass is 9.85. The predicted octanol–water partition coefficient (Wildman–Crippen LogP) is 1.01. The maximum absolute atomic E-state index is 13.3. The van der Waals surface area contributed by atoms with Crippen LogP contribution in [0.4, 0.5) is 4.39 Å². The molecule has 3 N–H and O–H groups in total. The second kappa shape index (κ2) is 4.35. The van der Waals surface area contributed by atoms with Gasteiger partial charge in [0.1, 0.15) is 0 Å². The Balaban J connectivity index is 0.00000112. The van der Waals surface area contributed by atoms with Gasteiger partial charge in [-0.3, -0.25) is 0 Å². The highest BCUT2D eigenvalue weighted by Crippen LogP contribution is 2.26. The Morgan fingerprint density at radius 3 is 2.53 bits per heavy atom. The summed E-state index contributed by atoms with van der Waals surface area (Å²) in [5.41, 5.74) is 6.42. The van der Waals surface area contributed by atoms with Crippen LogP contribution in [0.15, 0.2) is 18.2 Å².